The smallest absolute Gasteiger partial charge is 0.308 e. The lowest BCUT2D eigenvalue weighted by atomic mass is 9.86. The molecule has 7 heteroatoms. The number of halogens is 1. The number of methoxy groups -OCH3 is 1. The number of rotatable bonds is 6. The van der Waals surface area contributed by atoms with Crippen LogP contribution in [0.5, 0.6) is 5.75 Å². The number of hydrogen-bond donors (Lipinski definition) is 2. The SMILES string of the molecule is COC(=O)C1CCC(NC(=O)c2ccc(OCC3CCNCC3)c(Cl)c2)CC1. The maximum absolute atomic E-state index is 12.5. The summed E-state index contributed by atoms with van der Waals surface area (Å²) in [6, 6.07) is 5.25. The molecule has 2 N–H and O–H groups in total. The second kappa shape index (κ2) is 10.1. The molecule has 1 amide bonds. The molecule has 2 aliphatic rings. The van der Waals surface area contributed by atoms with E-state index in [-0.39, 0.29) is 23.8 Å². The second-order valence-corrected chi connectivity index (χ2v) is 8.10. The van der Waals surface area contributed by atoms with E-state index in [0.717, 1.165) is 51.6 Å². The van der Waals surface area contributed by atoms with Gasteiger partial charge in [0.1, 0.15) is 5.75 Å². The third kappa shape index (κ3) is 5.61. The van der Waals surface area contributed by atoms with E-state index in [2.05, 4.69) is 10.6 Å². The van der Waals surface area contributed by atoms with E-state index in [1.54, 1.807) is 18.2 Å². The fraction of sp³-hybridized carbons (Fsp3) is 0.619. The maximum atomic E-state index is 12.5. The average Bonchev–Trinajstić information content (AvgIpc) is 2.73. The van der Waals surface area contributed by atoms with Gasteiger partial charge in [-0.1, -0.05) is 11.6 Å². The molecular formula is C21H29ClN2O4. The Morgan fingerprint density at radius 2 is 1.86 bits per heavy atom. The molecule has 1 aliphatic carbocycles. The van der Waals surface area contributed by atoms with Crippen LogP contribution in [0, 0.1) is 11.8 Å². The molecule has 0 aromatic heterocycles. The topological polar surface area (TPSA) is 76.7 Å². The molecule has 1 saturated carbocycles. The summed E-state index contributed by atoms with van der Waals surface area (Å²) in [5, 5.41) is 6.84. The Morgan fingerprint density at radius 3 is 2.50 bits per heavy atom. The van der Waals surface area contributed by atoms with E-state index in [4.69, 9.17) is 21.1 Å². The van der Waals surface area contributed by atoms with Crippen LogP contribution < -0.4 is 15.4 Å². The van der Waals surface area contributed by atoms with Crippen LogP contribution in [0.25, 0.3) is 0 Å². The van der Waals surface area contributed by atoms with Gasteiger partial charge in [-0.15, -0.1) is 0 Å². The fourth-order valence-electron chi connectivity index (χ4n) is 3.92. The van der Waals surface area contributed by atoms with Gasteiger partial charge >= 0.3 is 5.97 Å². The number of nitrogens with one attached hydrogen (secondary N) is 2. The zero-order valence-corrected chi connectivity index (χ0v) is 17.1. The van der Waals surface area contributed by atoms with Gasteiger partial charge < -0.3 is 20.1 Å². The average molecular weight is 409 g/mol. The first kappa shape index (κ1) is 20.9. The molecule has 1 heterocycles. The molecule has 6 nitrogen and oxygen atoms in total. The van der Waals surface area contributed by atoms with Crippen LogP contribution in [0.15, 0.2) is 18.2 Å². The van der Waals surface area contributed by atoms with Gasteiger partial charge in [-0.05, 0) is 75.7 Å². The summed E-state index contributed by atoms with van der Waals surface area (Å²) < 4.78 is 10.7. The number of hydrogen-bond acceptors (Lipinski definition) is 5. The van der Waals surface area contributed by atoms with Crippen molar-refractivity contribution in [3.05, 3.63) is 28.8 Å². The quantitative estimate of drug-likeness (QED) is 0.707. The zero-order valence-electron chi connectivity index (χ0n) is 16.3. The second-order valence-electron chi connectivity index (χ2n) is 7.69. The van der Waals surface area contributed by atoms with Crippen LogP contribution in [-0.2, 0) is 9.53 Å². The lowest BCUT2D eigenvalue weighted by Gasteiger charge is -2.27. The highest BCUT2D eigenvalue weighted by Gasteiger charge is 2.28. The third-order valence-corrected chi connectivity index (χ3v) is 6.02. The Hall–Kier alpha value is -1.79. The molecule has 0 atom stereocenters. The van der Waals surface area contributed by atoms with Crippen LogP contribution in [0.4, 0.5) is 0 Å². The molecule has 28 heavy (non-hydrogen) atoms. The lowest BCUT2D eigenvalue weighted by Crippen LogP contribution is -2.38. The monoisotopic (exact) mass is 408 g/mol. The van der Waals surface area contributed by atoms with Gasteiger partial charge in [-0.2, -0.15) is 0 Å². The van der Waals surface area contributed by atoms with Crippen LogP contribution in [0.3, 0.4) is 0 Å². The van der Waals surface area contributed by atoms with Crippen molar-refractivity contribution in [1.29, 1.82) is 0 Å². The standard InChI is InChI=1S/C21H29ClN2O4/c1-27-21(26)15-2-5-17(6-3-15)24-20(25)16-4-7-19(18(22)12-16)28-13-14-8-10-23-11-9-14/h4,7,12,14-15,17,23H,2-3,5-6,8-11,13H2,1H3,(H,24,25). The molecule has 1 aromatic carbocycles. The highest BCUT2D eigenvalue weighted by molar-refractivity contribution is 6.32. The van der Waals surface area contributed by atoms with Crippen molar-refractivity contribution in [2.24, 2.45) is 11.8 Å². The summed E-state index contributed by atoms with van der Waals surface area (Å²) in [5.74, 6) is 0.810. The van der Waals surface area contributed by atoms with Crippen molar-refractivity contribution in [3.63, 3.8) is 0 Å². The molecule has 1 aromatic rings. The highest BCUT2D eigenvalue weighted by Crippen LogP contribution is 2.28. The van der Waals surface area contributed by atoms with E-state index in [9.17, 15) is 9.59 Å². The Balaban J connectivity index is 1.49. The number of carbonyl (C=O) groups is 2. The Kier molecular flexibility index (Phi) is 7.57. The van der Waals surface area contributed by atoms with Gasteiger partial charge in [0.05, 0.1) is 24.7 Å². The molecular weight excluding hydrogens is 380 g/mol. The Morgan fingerprint density at radius 1 is 1.14 bits per heavy atom. The van der Waals surface area contributed by atoms with Crippen LogP contribution in [0.2, 0.25) is 5.02 Å². The van der Waals surface area contributed by atoms with Gasteiger partial charge in [0, 0.05) is 11.6 Å². The van der Waals surface area contributed by atoms with E-state index in [1.807, 2.05) is 0 Å². The summed E-state index contributed by atoms with van der Waals surface area (Å²) in [6.45, 7) is 2.71. The van der Waals surface area contributed by atoms with Gasteiger partial charge in [0.25, 0.3) is 5.91 Å². The Labute approximate surface area is 171 Å². The van der Waals surface area contributed by atoms with Crippen molar-refractivity contribution < 1.29 is 19.1 Å². The zero-order chi connectivity index (χ0) is 19.9. The van der Waals surface area contributed by atoms with Gasteiger partial charge in [-0.3, -0.25) is 9.59 Å². The minimum Gasteiger partial charge on any atom is -0.492 e. The first-order valence-electron chi connectivity index (χ1n) is 10.1. The molecule has 2 fully saturated rings. The van der Waals surface area contributed by atoms with Crippen LogP contribution in [-0.4, -0.2) is 44.7 Å². The normalized spacial score (nSPS) is 23.1. The Bertz CT molecular complexity index is 683. The molecule has 0 radical (unpaired) electrons. The van der Waals surface area contributed by atoms with Gasteiger partial charge in [0.2, 0.25) is 0 Å². The molecule has 3 rings (SSSR count). The molecule has 1 aliphatic heterocycles. The minimum absolute atomic E-state index is 0.0519. The summed E-state index contributed by atoms with van der Waals surface area (Å²) in [5.41, 5.74) is 0.523. The number of carbonyl (C=O) groups excluding carboxylic acids is 2. The summed E-state index contributed by atoms with van der Waals surface area (Å²) in [4.78, 5) is 24.1. The molecule has 0 unspecified atom stereocenters. The number of piperidine rings is 1. The van der Waals surface area contributed by atoms with Crippen molar-refractivity contribution in [2.75, 3.05) is 26.8 Å². The first-order chi connectivity index (χ1) is 13.6. The van der Waals surface area contributed by atoms with Gasteiger partial charge in [-0.25, -0.2) is 0 Å². The molecule has 0 bridgehead atoms. The van der Waals surface area contributed by atoms with Crippen molar-refractivity contribution in [3.8, 4) is 5.75 Å². The summed E-state index contributed by atoms with van der Waals surface area (Å²) >= 11 is 6.34. The maximum Gasteiger partial charge on any atom is 0.308 e. The first-order valence-corrected chi connectivity index (χ1v) is 10.5. The highest BCUT2D eigenvalue weighted by atomic mass is 35.5. The lowest BCUT2D eigenvalue weighted by molar-refractivity contribution is -0.146. The van der Waals surface area contributed by atoms with E-state index < -0.39 is 0 Å². The van der Waals surface area contributed by atoms with Crippen molar-refractivity contribution in [1.82, 2.24) is 10.6 Å². The van der Waals surface area contributed by atoms with Crippen molar-refractivity contribution in [2.45, 2.75) is 44.6 Å². The minimum atomic E-state index is -0.156. The number of esters is 1. The largest absolute Gasteiger partial charge is 0.492 e. The molecule has 1 saturated heterocycles. The molecule has 154 valence electrons. The number of benzene rings is 1. The summed E-state index contributed by atoms with van der Waals surface area (Å²) in [6.07, 6.45) is 5.24. The third-order valence-electron chi connectivity index (χ3n) is 5.72. The van der Waals surface area contributed by atoms with E-state index in [1.165, 1.54) is 7.11 Å². The molecule has 0 spiro atoms. The van der Waals surface area contributed by atoms with Crippen LogP contribution in [0.1, 0.15) is 48.9 Å². The fourth-order valence-corrected chi connectivity index (χ4v) is 4.16. The predicted molar refractivity (Wildman–Crippen MR) is 108 cm³/mol. The van der Waals surface area contributed by atoms with Crippen molar-refractivity contribution >= 4 is 23.5 Å². The number of ether oxygens (including phenoxy) is 2. The van der Waals surface area contributed by atoms with Gasteiger partial charge in [0.15, 0.2) is 0 Å². The van der Waals surface area contributed by atoms with Crippen LogP contribution >= 0.6 is 11.6 Å². The van der Waals surface area contributed by atoms with E-state index >= 15 is 0 Å². The predicted octanol–water partition coefficient (Wildman–Crippen LogP) is 3.18. The summed E-state index contributed by atoms with van der Waals surface area (Å²) in [7, 11) is 1.42. The number of amides is 1. The van der Waals surface area contributed by atoms with E-state index in [0.29, 0.717) is 28.9 Å².